The van der Waals surface area contributed by atoms with Gasteiger partial charge in [-0.1, -0.05) is 13.8 Å². The maximum atomic E-state index is 13.5. The van der Waals surface area contributed by atoms with Gasteiger partial charge in [0.2, 0.25) is 5.91 Å². The number of hydrogen-bond donors (Lipinski definition) is 3. The zero-order valence-electron chi connectivity index (χ0n) is 37.5. The number of aryl methyl sites for hydroxylation is 2. The number of nitrogens with one attached hydrogen (secondary N) is 2. The van der Waals surface area contributed by atoms with Crippen LogP contribution in [0.5, 0.6) is 11.5 Å². The Morgan fingerprint density at radius 1 is 0.738 bits per heavy atom. The number of fused-ring (bicyclic) bond motifs is 8. The maximum Gasteiger partial charge on any atom is 0.309 e. The van der Waals surface area contributed by atoms with E-state index in [0.717, 1.165) is 108 Å². The average molecular weight is 916 g/mol. The van der Waals surface area contributed by atoms with Gasteiger partial charge >= 0.3 is 5.97 Å². The first-order valence-electron chi connectivity index (χ1n) is 22.0. The molecule has 6 aromatic rings. The molecule has 0 bridgehead atoms. The second kappa shape index (κ2) is 18.1. The SMILES string of the molecule is CC[C@]1(C(=O)N(C)CCOC)CCc2c(sc3ncnc(Nc4cc5c(cc4OC)CN=C5)c23)C1.CC[C@]1(C(=O)O)CCc2c(sc3ncnc(Nc4cc5c(cc4OC)CN=C5)c23)C1. The third-order valence-electron chi connectivity index (χ3n) is 13.7. The van der Waals surface area contributed by atoms with Crippen LogP contribution in [0.1, 0.15) is 82.7 Å². The average Bonchev–Trinajstić information content (AvgIpc) is 4.14. The summed E-state index contributed by atoms with van der Waals surface area (Å²) in [6.45, 7) is 6.58. The largest absolute Gasteiger partial charge is 0.495 e. The molecule has 65 heavy (non-hydrogen) atoms. The molecule has 0 radical (unpaired) electrons. The Balaban J connectivity index is 0.000000166. The van der Waals surface area contributed by atoms with Crippen LogP contribution in [0.25, 0.3) is 20.4 Å². The van der Waals surface area contributed by atoms with Crippen molar-refractivity contribution in [2.24, 2.45) is 20.8 Å². The predicted molar refractivity (Wildman–Crippen MR) is 257 cm³/mol. The summed E-state index contributed by atoms with van der Waals surface area (Å²) in [6, 6.07) is 8.14. The minimum absolute atomic E-state index is 0.203. The van der Waals surface area contributed by atoms with Gasteiger partial charge in [0.05, 0.1) is 66.9 Å². The van der Waals surface area contributed by atoms with Crippen LogP contribution in [-0.4, -0.2) is 95.8 Å². The number of carbonyl (C=O) groups is 2. The third kappa shape index (κ3) is 8.07. The normalized spacial score (nSPS) is 18.9. The van der Waals surface area contributed by atoms with Crippen molar-refractivity contribution in [1.82, 2.24) is 24.8 Å². The Morgan fingerprint density at radius 2 is 1.23 bits per heavy atom. The van der Waals surface area contributed by atoms with Crippen molar-refractivity contribution in [1.29, 1.82) is 0 Å². The molecule has 0 spiro atoms. The quantitative estimate of drug-likeness (QED) is 0.100. The van der Waals surface area contributed by atoms with Crippen molar-refractivity contribution < 1.29 is 28.9 Å². The molecule has 1 amide bonds. The predicted octanol–water partition coefficient (Wildman–Crippen LogP) is 8.71. The highest BCUT2D eigenvalue weighted by atomic mass is 32.1. The summed E-state index contributed by atoms with van der Waals surface area (Å²) < 4.78 is 16.4. The maximum absolute atomic E-state index is 13.5. The molecule has 338 valence electrons. The number of hydrogen-bond acceptors (Lipinski definition) is 15. The fourth-order valence-electron chi connectivity index (χ4n) is 9.67. The van der Waals surface area contributed by atoms with Crippen LogP contribution in [0.4, 0.5) is 23.0 Å². The summed E-state index contributed by atoms with van der Waals surface area (Å²) in [5.74, 6) is 2.50. The Bertz CT molecular complexity index is 2890. The molecule has 17 heteroatoms. The second-order valence-corrected chi connectivity index (χ2v) is 19.3. The molecule has 10 rings (SSSR count). The molecule has 2 aliphatic heterocycles. The monoisotopic (exact) mass is 915 g/mol. The van der Waals surface area contributed by atoms with E-state index in [1.807, 2.05) is 49.5 Å². The van der Waals surface area contributed by atoms with Gasteiger partial charge in [-0.2, -0.15) is 0 Å². The van der Waals surface area contributed by atoms with Crippen LogP contribution >= 0.6 is 22.7 Å². The Labute approximate surface area is 385 Å². The Morgan fingerprint density at radius 3 is 1.69 bits per heavy atom. The number of nitrogens with zero attached hydrogens (tertiary/aromatic N) is 7. The summed E-state index contributed by atoms with van der Waals surface area (Å²) in [6.07, 6.45) is 12.6. The molecule has 15 nitrogen and oxygen atoms in total. The fraction of sp³-hybridized carbons (Fsp3) is 0.417. The van der Waals surface area contributed by atoms with Crippen LogP contribution < -0.4 is 20.1 Å². The number of thiophene rings is 2. The van der Waals surface area contributed by atoms with Gasteiger partial charge in [0, 0.05) is 42.9 Å². The molecule has 0 unspecified atom stereocenters. The van der Waals surface area contributed by atoms with Crippen molar-refractivity contribution in [2.45, 2.75) is 78.3 Å². The lowest BCUT2D eigenvalue weighted by Gasteiger charge is -2.38. The number of aliphatic imine (C=N–C) groups is 2. The molecule has 6 heterocycles. The van der Waals surface area contributed by atoms with E-state index in [1.165, 1.54) is 16.0 Å². The van der Waals surface area contributed by atoms with Gasteiger partial charge < -0.3 is 34.9 Å². The van der Waals surface area contributed by atoms with E-state index in [9.17, 15) is 14.7 Å². The molecule has 0 saturated carbocycles. The lowest BCUT2D eigenvalue weighted by molar-refractivity contribution is -0.150. The highest BCUT2D eigenvalue weighted by Gasteiger charge is 2.44. The zero-order valence-corrected chi connectivity index (χ0v) is 39.2. The number of aromatic nitrogens is 4. The van der Waals surface area contributed by atoms with E-state index in [4.69, 9.17) is 14.2 Å². The molecular formula is C48H53N9O6S2. The molecular weight excluding hydrogens is 863 g/mol. The highest BCUT2D eigenvalue weighted by Crippen LogP contribution is 2.49. The van der Waals surface area contributed by atoms with E-state index in [2.05, 4.69) is 53.5 Å². The molecule has 3 N–H and O–H groups in total. The number of carboxylic acids is 1. The zero-order chi connectivity index (χ0) is 45.5. The summed E-state index contributed by atoms with van der Waals surface area (Å²) in [4.78, 5) is 58.3. The van der Waals surface area contributed by atoms with Crippen molar-refractivity contribution >= 4 is 90.4 Å². The van der Waals surface area contributed by atoms with Crippen molar-refractivity contribution in [3.05, 3.63) is 80.1 Å². The van der Waals surface area contributed by atoms with Crippen LogP contribution in [-0.2, 0) is 53.1 Å². The first-order chi connectivity index (χ1) is 31.5. The van der Waals surface area contributed by atoms with Crippen molar-refractivity contribution in [3.8, 4) is 11.5 Å². The number of anilines is 4. The summed E-state index contributed by atoms with van der Waals surface area (Å²) >= 11 is 3.26. The van der Waals surface area contributed by atoms with E-state index >= 15 is 0 Å². The number of ether oxygens (including phenoxy) is 3. The molecule has 2 aliphatic carbocycles. The molecule has 2 atom stereocenters. The van der Waals surface area contributed by atoms with Gasteiger partial charge in [0.15, 0.2) is 0 Å². The molecule has 0 saturated heterocycles. The minimum atomic E-state index is -0.706. The molecule has 4 aliphatic rings. The fourth-order valence-corrected chi connectivity index (χ4v) is 12.3. The Kier molecular flexibility index (Phi) is 12.3. The van der Waals surface area contributed by atoms with Crippen molar-refractivity contribution in [3.63, 3.8) is 0 Å². The number of carboxylic acid groups (broad SMARTS) is 1. The number of methoxy groups -OCH3 is 3. The summed E-state index contributed by atoms with van der Waals surface area (Å²) in [7, 11) is 6.87. The standard InChI is InChI=1S/C26H31N5O3S.C22H22N4O3S/c1-5-26(25(32)31(2)8-9-33-3)7-6-18-21(12-26)35-24-22(18)23(28-15-29-24)30-19-10-16-13-27-14-17(16)11-20(19)34-4;1-3-22(21(27)28)5-4-14-17(8-22)30-20-18(14)19(24-11-25-20)26-15-6-12-9-23-10-13(12)7-16(15)29-2/h10-11,13,15H,5-9,12,14H2,1-4H3,(H,28,29,30);6-7,9,11H,3-5,8,10H2,1-2H3,(H,27,28)(H,24,25,26)/t26-;22-/m00/s1. The number of carbonyl (C=O) groups excluding carboxylic acids is 1. The minimum Gasteiger partial charge on any atom is -0.495 e. The van der Waals surface area contributed by atoms with Crippen LogP contribution in [0.3, 0.4) is 0 Å². The van der Waals surface area contributed by atoms with E-state index < -0.39 is 11.4 Å². The molecule has 2 aromatic carbocycles. The third-order valence-corrected chi connectivity index (χ3v) is 16.0. The summed E-state index contributed by atoms with van der Waals surface area (Å²) in [5.41, 5.74) is 7.50. The first-order valence-corrected chi connectivity index (χ1v) is 23.6. The summed E-state index contributed by atoms with van der Waals surface area (Å²) in [5, 5.41) is 18.8. The smallest absolute Gasteiger partial charge is 0.309 e. The van der Waals surface area contributed by atoms with E-state index in [-0.39, 0.29) is 11.3 Å². The van der Waals surface area contributed by atoms with Gasteiger partial charge in [-0.05, 0) is 109 Å². The van der Waals surface area contributed by atoms with Gasteiger partial charge in [0.25, 0.3) is 0 Å². The van der Waals surface area contributed by atoms with Crippen LogP contribution in [0.15, 0.2) is 46.9 Å². The topological polar surface area (TPSA) is 186 Å². The van der Waals surface area contributed by atoms with Gasteiger partial charge in [-0.25, -0.2) is 19.9 Å². The number of likely N-dealkylation sites (N-methyl/N-ethyl adjacent to an activating group) is 1. The van der Waals surface area contributed by atoms with Crippen LogP contribution in [0.2, 0.25) is 0 Å². The van der Waals surface area contributed by atoms with E-state index in [1.54, 1.807) is 56.7 Å². The number of rotatable bonds is 13. The lowest BCUT2D eigenvalue weighted by Crippen LogP contribution is -2.45. The number of aliphatic carboxylic acids is 1. The van der Waals surface area contributed by atoms with E-state index in [0.29, 0.717) is 51.9 Å². The Hall–Kier alpha value is -6.04. The van der Waals surface area contributed by atoms with Gasteiger partial charge in [-0.3, -0.25) is 19.6 Å². The molecule has 4 aromatic heterocycles. The van der Waals surface area contributed by atoms with Crippen LogP contribution in [0, 0.1) is 10.8 Å². The first kappa shape index (κ1) is 44.2. The second-order valence-electron chi connectivity index (χ2n) is 17.2. The lowest BCUT2D eigenvalue weighted by atomic mass is 9.71. The van der Waals surface area contributed by atoms with Gasteiger partial charge in [0.1, 0.15) is 45.5 Å². The highest BCUT2D eigenvalue weighted by molar-refractivity contribution is 7.19. The number of amides is 1. The number of benzene rings is 2. The van der Waals surface area contributed by atoms with Crippen molar-refractivity contribution in [2.75, 3.05) is 52.2 Å². The molecule has 0 fully saturated rings. The van der Waals surface area contributed by atoms with Gasteiger partial charge in [-0.15, -0.1) is 22.7 Å².